The fraction of sp³-hybridized carbons (Fsp3) is 0.550. The van der Waals surface area contributed by atoms with Crippen molar-refractivity contribution in [3.8, 4) is 0 Å². The second-order valence-electron chi connectivity index (χ2n) is 5.80. The van der Waals surface area contributed by atoms with E-state index in [1.807, 2.05) is 6.07 Å². The molecule has 0 amide bonds. The Labute approximate surface area is 150 Å². The van der Waals surface area contributed by atoms with Gasteiger partial charge in [0, 0.05) is 0 Å². The first kappa shape index (κ1) is 23.0. The fourth-order valence-corrected chi connectivity index (χ4v) is 2.00. The molecule has 1 N–H and O–H groups in total. The van der Waals surface area contributed by atoms with Crippen molar-refractivity contribution in [3.63, 3.8) is 0 Å². The third-order valence-corrected chi connectivity index (χ3v) is 3.67. The monoisotopic (exact) mass is 350 g/mol. The molecule has 0 aromatic heterocycles. The minimum Gasteiger partial charge on any atom is -0.463 e. The summed E-state index contributed by atoms with van der Waals surface area (Å²) in [7, 11) is 0. The summed E-state index contributed by atoms with van der Waals surface area (Å²) in [5, 5.41) is 9.16. The summed E-state index contributed by atoms with van der Waals surface area (Å²) in [6, 6.07) is 10.5. The number of aldehydes is 2. The Balaban J connectivity index is 0.000000593. The van der Waals surface area contributed by atoms with Gasteiger partial charge in [-0.2, -0.15) is 0 Å². The van der Waals surface area contributed by atoms with Gasteiger partial charge in [-0.1, -0.05) is 76.3 Å². The van der Waals surface area contributed by atoms with Crippen molar-refractivity contribution in [2.75, 3.05) is 6.61 Å². The predicted molar refractivity (Wildman–Crippen MR) is 97.2 cm³/mol. The van der Waals surface area contributed by atoms with Crippen LogP contribution in [0.25, 0.3) is 0 Å². The van der Waals surface area contributed by atoms with Gasteiger partial charge in [0.2, 0.25) is 0 Å². The maximum Gasteiger partial charge on any atom is 0.353 e. The molecule has 25 heavy (non-hydrogen) atoms. The molecule has 0 fully saturated rings. The highest BCUT2D eigenvalue weighted by Crippen LogP contribution is 2.06. The third-order valence-electron chi connectivity index (χ3n) is 3.67. The minimum absolute atomic E-state index is 0.120. The predicted octanol–water partition coefficient (Wildman–Crippen LogP) is 3.27. The zero-order chi connectivity index (χ0) is 19.0. The Kier molecular flexibility index (Phi) is 13.2. The van der Waals surface area contributed by atoms with E-state index < -0.39 is 11.6 Å². The largest absolute Gasteiger partial charge is 0.463 e. The first-order valence-electron chi connectivity index (χ1n) is 8.90. The first-order valence-corrected chi connectivity index (χ1v) is 8.90. The first-order chi connectivity index (χ1) is 12.0. The molecule has 0 aliphatic rings. The van der Waals surface area contributed by atoms with Crippen molar-refractivity contribution in [2.45, 2.75) is 64.4 Å². The van der Waals surface area contributed by atoms with Crippen LogP contribution in [0.5, 0.6) is 0 Å². The number of carbonyl (C=O) groups is 3. The molecule has 0 atom stereocenters. The lowest BCUT2D eigenvalue weighted by atomic mass is 10.1. The topological polar surface area (TPSA) is 80.7 Å². The highest BCUT2D eigenvalue weighted by molar-refractivity contribution is 6.11. The third kappa shape index (κ3) is 10.5. The zero-order valence-corrected chi connectivity index (χ0v) is 15.3. The summed E-state index contributed by atoms with van der Waals surface area (Å²) in [4.78, 5) is 31.8. The van der Waals surface area contributed by atoms with Crippen LogP contribution < -0.4 is 0 Å². The van der Waals surface area contributed by atoms with Crippen molar-refractivity contribution >= 4 is 18.5 Å². The lowest BCUT2D eigenvalue weighted by Crippen LogP contribution is -2.43. The van der Waals surface area contributed by atoms with Crippen LogP contribution >= 0.6 is 0 Å². The van der Waals surface area contributed by atoms with E-state index in [0.717, 1.165) is 25.7 Å². The Morgan fingerprint density at radius 2 is 1.56 bits per heavy atom. The highest BCUT2D eigenvalue weighted by atomic mass is 16.6. The van der Waals surface area contributed by atoms with Crippen LogP contribution in [0.1, 0.15) is 57.9 Å². The van der Waals surface area contributed by atoms with Crippen molar-refractivity contribution in [1.29, 1.82) is 0 Å². The summed E-state index contributed by atoms with van der Waals surface area (Å²) in [6.45, 7) is 4.41. The summed E-state index contributed by atoms with van der Waals surface area (Å²) in [5.41, 5.74) is -1.23. The number of unbranched alkanes of at least 4 members (excludes halogenated alkanes) is 5. The van der Waals surface area contributed by atoms with E-state index in [4.69, 9.17) is 5.11 Å². The van der Waals surface area contributed by atoms with Crippen LogP contribution in [0.4, 0.5) is 0 Å². The Morgan fingerprint density at radius 1 is 1.00 bits per heavy atom. The number of aliphatic hydroxyl groups is 1. The lowest BCUT2D eigenvalue weighted by Gasteiger charge is -2.12. The van der Waals surface area contributed by atoms with Crippen LogP contribution in [0.2, 0.25) is 0 Å². The van der Waals surface area contributed by atoms with Gasteiger partial charge in [-0.3, -0.25) is 9.59 Å². The van der Waals surface area contributed by atoms with Gasteiger partial charge in [-0.05, 0) is 18.4 Å². The Hall–Kier alpha value is -2.01. The second kappa shape index (κ2) is 14.3. The second-order valence-corrected chi connectivity index (χ2v) is 5.80. The Morgan fingerprint density at radius 3 is 2.04 bits per heavy atom. The number of benzene rings is 1. The number of aryl methyl sites for hydroxylation is 1. The number of hydrogen-bond acceptors (Lipinski definition) is 5. The van der Waals surface area contributed by atoms with Crippen molar-refractivity contribution < 1.29 is 24.2 Å². The van der Waals surface area contributed by atoms with Gasteiger partial charge < -0.3 is 9.84 Å². The molecule has 5 heteroatoms. The molecule has 0 aliphatic heterocycles. The highest BCUT2D eigenvalue weighted by Gasteiger charge is 2.37. The van der Waals surface area contributed by atoms with E-state index in [0.29, 0.717) is 6.42 Å². The van der Waals surface area contributed by atoms with Gasteiger partial charge in [0.15, 0.2) is 12.6 Å². The quantitative estimate of drug-likeness (QED) is 0.287. The summed E-state index contributed by atoms with van der Waals surface area (Å²) in [6.07, 6.45) is 7.07. The van der Waals surface area contributed by atoms with Gasteiger partial charge in [-0.15, -0.1) is 0 Å². The van der Waals surface area contributed by atoms with Gasteiger partial charge in [0.25, 0.3) is 5.60 Å². The van der Waals surface area contributed by atoms with Gasteiger partial charge in [0.1, 0.15) is 0 Å². The average molecular weight is 350 g/mol. The molecule has 0 heterocycles. The number of carbonyl (C=O) groups excluding carboxylic acids is 3. The number of hydrogen-bond donors (Lipinski definition) is 1. The zero-order valence-electron chi connectivity index (χ0n) is 15.3. The van der Waals surface area contributed by atoms with Crippen LogP contribution in [-0.2, 0) is 25.5 Å². The molecule has 140 valence electrons. The molecule has 0 bridgehead atoms. The summed E-state index contributed by atoms with van der Waals surface area (Å²) in [5.74, 6) is -1.20. The van der Waals surface area contributed by atoms with Gasteiger partial charge in [0.05, 0.1) is 6.61 Å². The van der Waals surface area contributed by atoms with Crippen LogP contribution in [0, 0.1) is 0 Å². The van der Waals surface area contributed by atoms with E-state index in [2.05, 4.69) is 42.8 Å². The molecular weight excluding hydrogens is 320 g/mol. The molecule has 0 unspecified atom stereocenters. The van der Waals surface area contributed by atoms with E-state index in [9.17, 15) is 14.4 Å². The van der Waals surface area contributed by atoms with Crippen LogP contribution in [0.3, 0.4) is 0 Å². The molecule has 5 nitrogen and oxygen atoms in total. The van der Waals surface area contributed by atoms with Crippen LogP contribution in [0.15, 0.2) is 30.3 Å². The maximum absolute atomic E-state index is 11.1. The number of esters is 1. The van der Waals surface area contributed by atoms with E-state index in [1.54, 1.807) is 0 Å². The molecule has 0 saturated carbocycles. The Bertz CT molecular complexity index is 476. The number of rotatable bonds is 11. The van der Waals surface area contributed by atoms with E-state index in [1.165, 1.54) is 18.4 Å². The van der Waals surface area contributed by atoms with Crippen molar-refractivity contribution in [3.05, 3.63) is 35.9 Å². The molecule has 0 aliphatic carbocycles. The van der Waals surface area contributed by atoms with Gasteiger partial charge >= 0.3 is 5.97 Å². The van der Waals surface area contributed by atoms with Crippen LogP contribution in [-0.4, -0.2) is 35.9 Å². The molecule has 0 radical (unpaired) electrons. The molecule has 0 saturated heterocycles. The summed E-state index contributed by atoms with van der Waals surface area (Å²) >= 11 is 0. The molecule has 1 rings (SSSR count). The van der Waals surface area contributed by atoms with Crippen molar-refractivity contribution in [1.82, 2.24) is 0 Å². The minimum atomic E-state index is -2.64. The molecule has 0 spiro atoms. The average Bonchev–Trinajstić information content (AvgIpc) is 2.67. The van der Waals surface area contributed by atoms with Gasteiger partial charge in [-0.25, -0.2) is 4.79 Å². The number of ether oxygens (including phenoxy) is 1. The smallest absolute Gasteiger partial charge is 0.353 e. The van der Waals surface area contributed by atoms with Crippen molar-refractivity contribution in [2.24, 2.45) is 0 Å². The normalized spacial score (nSPS) is 10.4. The fourth-order valence-electron chi connectivity index (χ4n) is 2.00. The van der Waals surface area contributed by atoms with E-state index in [-0.39, 0.29) is 19.2 Å². The maximum atomic E-state index is 11.1. The molecular formula is C20H30O5. The lowest BCUT2D eigenvalue weighted by molar-refractivity contribution is -0.167. The standard InChI is InChI=1S/C12H20O5.C8H10/c1-2-3-4-5-6-7-8-17-11(15)12(16,9-13)10-14;1-2-8-6-4-3-5-7-8/h9-10,16H,2-8H2,1H3;3-7H,2H2,1H3. The summed E-state index contributed by atoms with van der Waals surface area (Å²) < 4.78 is 4.64. The SMILES string of the molecule is CCCCCCCCOC(=O)C(O)(C=O)C=O.CCc1ccccc1. The molecule has 1 aromatic carbocycles. The van der Waals surface area contributed by atoms with E-state index >= 15 is 0 Å². The molecule has 1 aromatic rings.